The van der Waals surface area contributed by atoms with Gasteiger partial charge in [0.15, 0.2) is 5.69 Å². The molecule has 0 radical (unpaired) electrons. The van der Waals surface area contributed by atoms with Crippen LogP contribution in [0.2, 0.25) is 0 Å². The molecule has 1 amide bonds. The standard InChI is InChI=1S/C19H24N4O6/c1-5-14(17(24)20-12-9-8-10-13(11-12)27-4)23-16(19(26)29-7-3)15(21-22-23)18(25)28-6-2/h8-11,14H,5-7H2,1-4H3,(H,20,24)/t14-/m1/s1. The molecule has 0 saturated heterocycles. The van der Waals surface area contributed by atoms with Crippen molar-refractivity contribution in [1.29, 1.82) is 0 Å². The summed E-state index contributed by atoms with van der Waals surface area (Å²) in [6.45, 7) is 5.18. The lowest BCUT2D eigenvalue weighted by Crippen LogP contribution is -2.29. The Bertz CT molecular complexity index is 879. The van der Waals surface area contributed by atoms with Crippen LogP contribution in [-0.4, -0.2) is 53.2 Å². The van der Waals surface area contributed by atoms with Crippen LogP contribution in [-0.2, 0) is 14.3 Å². The Morgan fingerprint density at radius 2 is 1.79 bits per heavy atom. The average Bonchev–Trinajstić information content (AvgIpc) is 3.14. The number of hydrogen-bond acceptors (Lipinski definition) is 8. The van der Waals surface area contributed by atoms with Crippen LogP contribution >= 0.6 is 0 Å². The molecule has 0 spiro atoms. The first-order valence-electron chi connectivity index (χ1n) is 9.21. The Labute approximate surface area is 168 Å². The van der Waals surface area contributed by atoms with Gasteiger partial charge in [-0.25, -0.2) is 14.3 Å². The monoisotopic (exact) mass is 404 g/mol. The van der Waals surface area contributed by atoms with E-state index in [4.69, 9.17) is 14.2 Å². The molecule has 1 aromatic carbocycles. The molecule has 0 aliphatic carbocycles. The summed E-state index contributed by atoms with van der Waals surface area (Å²) in [4.78, 5) is 37.5. The predicted molar refractivity (Wildman–Crippen MR) is 103 cm³/mol. The van der Waals surface area contributed by atoms with E-state index in [0.717, 1.165) is 4.68 Å². The topological polar surface area (TPSA) is 122 Å². The second kappa shape index (κ2) is 10.2. The second-order valence-corrected chi connectivity index (χ2v) is 5.82. The van der Waals surface area contributed by atoms with Crippen molar-refractivity contribution >= 4 is 23.5 Å². The molecule has 10 heteroatoms. The summed E-state index contributed by atoms with van der Waals surface area (Å²) < 4.78 is 16.2. The van der Waals surface area contributed by atoms with Crippen LogP contribution in [0.25, 0.3) is 0 Å². The van der Waals surface area contributed by atoms with Crippen molar-refractivity contribution in [2.45, 2.75) is 33.2 Å². The number of nitrogens with zero attached hydrogens (tertiary/aromatic N) is 3. The Morgan fingerprint density at radius 1 is 1.10 bits per heavy atom. The van der Waals surface area contributed by atoms with E-state index in [-0.39, 0.29) is 31.0 Å². The third-order valence-corrected chi connectivity index (χ3v) is 3.95. The second-order valence-electron chi connectivity index (χ2n) is 5.82. The number of ether oxygens (including phenoxy) is 3. The summed E-state index contributed by atoms with van der Waals surface area (Å²) in [5.74, 6) is -1.49. The Hall–Kier alpha value is -3.43. The van der Waals surface area contributed by atoms with E-state index < -0.39 is 23.9 Å². The normalized spacial score (nSPS) is 11.4. The number of hydrogen-bond donors (Lipinski definition) is 1. The van der Waals surface area contributed by atoms with Crippen LogP contribution in [0.5, 0.6) is 5.75 Å². The summed E-state index contributed by atoms with van der Waals surface area (Å²) in [5, 5.41) is 10.4. The van der Waals surface area contributed by atoms with Crippen molar-refractivity contribution in [3.63, 3.8) is 0 Å². The first-order chi connectivity index (χ1) is 14.0. The minimum atomic E-state index is -0.906. The molecule has 0 saturated carbocycles. The van der Waals surface area contributed by atoms with E-state index in [1.54, 1.807) is 45.0 Å². The number of carbonyl (C=O) groups is 3. The van der Waals surface area contributed by atoms with Gasteiger partial charge in [-0.1, -0.05) is 18.2 Å². The van der Waals surface area contributed by atoms with Crippen LogP contribution in [0.3, 0.4) is 0 Å². The van der Waals surface area contributed by atoms with E-state index in [9.17, 15) is 14.4 Å². The molecule has 1 heterocycles. The van der Waals surface area contributed by atoms with Gasteiger partial charge in [0.05, 0.1) is 20.3 Å². The van der Waals surface area contributed by atoms with Crippen LogP contribution < -0.4 is 10.1 Å². The summed E-state index contributed by atoms with van der Waals surface area (Å²) in [5.41, 5.74) is -0.00733. The van der Waals surface area contributed by atoms with Crippen molar-refractivity contribution < 1.29 is 28.6 Å². The lowest BCUT2D eigenvalue weighted by atomic mass is 10.2. The molecule has 0 aliphatic heterocycles. The molecule has 1 aromatic heterocycles. The number of amides is 1. The smallest absolute Gasteiger partial charge is 0.361 e. The maximum Gasteiger partial charge on any atom is 0.361 e. The average molecular weight is 404 g/mol. The highest BCUT2D eigenvalue weighted by atomic mass is 16.5. The fourth-order valence-corrected chi connectivity index (χ4v) is 2.63. The van der Waals surface area contributed by atoms with E-state index in [2.05, 4.69) is 15.6 Å². The molecule has 1 atom stereocenters. The number of rotatable bonds is 9. The lowest BCUT2D eigenvalue weighted by Gasteiger charge is -2.17. The van der Waals surface area contributed by atoms with Gasteiger partial charge >= 0.3 is 11.9 Å². The molecule has 29 heavy (non-hydrogen) atoms. The number of esters is 2. The maximum atomic E-state index is 12.9. The van der Waals surface area contributed by atoms with Gasteiger partial charge in [-0.15, -0.1) is 5.10 Å². The van der Waals surface area contributed by atoms with Gasteiger partial charge in [0.2, 0.25) is 11.6 Å². The number of aromatic nitrogens is 3. The number of methoxy groups -OCH3 is 1. The van der Waals surface area contributed by atoms with E-state index in [1.807, 2.05) is 0 Å². The van der Waals surface area contributed by atoms with Gasteiger partial charge in [-0.2, -0.15) is 0 Å². The molecule has 156 valence electrons. The predicted octanol–water partition coefficient (Wildman–Crippen LogP) is 2.23. The first-order valence-corrected chi connectivity index (χ1v) is 9.21. The van der Waals surface area contributed by atoms with Crippen molar-refractivity contribution in [1.82, 2.24) is 15.0 Å². The van der Waals surface area contributed by atoms with Crippen LogP contribution in [0, 0.1) is 0 Å². The largest absolute Gasteiger partial charge is 0.497 e. The first kappa shape index (κ1) is 21.9. The molecule has 0 unspecified atom stereocenters. The Kier molecular flexibility index (Phi) is 7.70. The van der Waals surface area contributed by atoms with E-state index in [1.165, 1.54) is 7.11 Å². The highest BCUT2D eigenvalue weighted by molar-refractivity contribution is 6.01. The molecule has 1 N–H and O–H groups in total. The quantitative estimate of drug-likeness (QED) is 0.632. The molecule has 0 aliphatic rings. The van der Waals surface area contributed by atoms with Crippen molar-refractivity contribution in [2.24, 2.45) is 0 Å². The third-order valence-electron chi connectivity index (χ3n) is 3.95. The molecule has 10 nitrogen and oxygen atoms in total. The molecular formula is C19H24N4O6. The van der Waals surface area contributed by atoms with Gasteiger partial charge in [0.1, 0.15) is 11.8 Å². The fraction of sp³-hybridized carbons (Fsp3) is 0.421. The van der Waals surface area contributed by atoms with Crippen LogP contribution in [0.1, 0.15) is 54.2 Å². The highest BCUT2D eigenvalue weighted by Gasteiger charge is 2.33. The van der Waals surface area contributed by atoms with Gasteiger partial charge in [0, 0.05) is 11.8 Å². The maximum absolute atomic E-state index is 12.9. The van der Waals surface area contributed by atoms with Gasteiger partial charge < -0.3 is 19.5 Å². The fourth-order valence-electron chi connectivity index (χ4n) is 2.63. The van der Waals surface area contributed by atoms with E-state index >= 15 is 0 Å². The third kappa shape index (κ3) is 5.09. The lowest BCUT2D eigenvalue weighted by molar-refractivity contribution is -0.119. The zero-order chi connectivity index (χ0) is 21.4. The van der Waals surface area contributed by atoms with Gasteiger partial charge in [-0.05, 0) is 32.4 Å². The number of carbonyl (C=O) groups excluding carboxylic acids is 3. The number of benzene rings is 1. The SMILES string of the molecule is CCOC(=O)c1nnn([C@H](CC)C(=O)Nc2cccc(OC)c2)c1C(=O)OCC. The van der Waals surface area contributed by atoms with Gasteiger partial charge in [0.25, 0.3) is 0 Å². The molecule has 0 fully saturated rings. The molecular weight excluding hydrogens is 380 g/mol. The Morgan fingerprint density at radius 3 is 2.41 bits per heavy atom. The zero-order valence-electron chi connectivity index (χ0n) is 16.8. The minimum absolute atomic E-state index is 0.0824. The van der Waals surface area contributed by atoms with Crippen molar-refractivity contribution in [3.05, 3.63) is 35.7 Å². The summed E-state index contributed by atoms with van der Waals surface area (Å²) in [6, 6.07) is 5.92. The number of nitrogens with one attached hydrogen (secondary N) is 1. The Balaban J connectivity index is 2.39. The number of anilines is 1. The summed E-state index contributed by atoms with van der Waals surface area (Å²) >= 11 is 0. The van der Waals surface area contributed by atoms with Crippen molar-refractivity contribution in [3.8, 4) is 5.75 Å². The van der Waals surface area contributed by atoms with Crippen molar-refractivity contribution in [2.75, 3.05) is 25.6 Å². The van der Waals surface area contributed by atoms with Crippen LogP contribution in [0.15, 0.2) is 24.3 Å². The van der Waals surface area contributed by atoms with E-state index in [0.29, 0.717) is 11.4 Å². The van der Waals surface area contributed by atoms with Gasteiger partial charge in [-0.3, -0.25) is 4.79 Å². The molecule has 0 bridgehead atoms. The van der Waals surface area contributed by atoms with Crippen LogP contribution in [0.4, 0.5) is 5.69 Å². The summed E-state index contributed by atoms with van der Waals surface area (Å²) in [6.07, 6.45) is 0.286. The highest BCUT2D eigenvalue weighted by Crippen LogP contribution is 2.22. The minimum Gasteiger partial charge on any atom is -0.497 e. The molecule has 2 rings (SSSR count). The molecule has 2 aromatic rings. The summed E-state index contributed by atoms with van der Waals surface area (Å²) in [7, 11) is 1.52. The zero-order valence-corrected chi connectivity index (χ0v) is 16.8.